The van der Waals surface area contributed by atoms with Crippen LogP contribution in [0.25, 0.3) is 33.9 Å². The zero-order chi connectivity index (χ0) is 39.5. The largest absolute Gasteiger partial charge is 0.466 e. The van der Waals surface area contributed by atoms with Gasteiger partial charge >= 0.3 is 12.1 Å². The van der Waals surface area contributed by atoms with Gasteiger partial charge in [-0.1, -0.05) is 12.8 Å². The summed E-state index contributed by atoms with van der Waals surface area (Å²) < 4.78 is 59.6. The summed E-state index contributed by atoms with van der Waals surface area (Å²) in [6, 6.07) is 3.07. The van der Waals surface area contributed by atoms with Crippen LogP contribution in [0.1, 0.15) is 76.0 Å². The normalized spacial score (nSPS) is 18.8. The zero-order valence-corrected chi connectivity index (χ0v) is 32.7. The molecule has 4 aromatic heterocycles. The van der Waals surface area contributed by atoms with Crippen molar-refractivity contribution in [2.75, 3.05) is 83.1 Å². The van der Waals surface area contributed by atoms with Gasteiger partial charge in [-0.3, -0.25) is 14.7 Å². The number of methoxy groups -OCH3 is 1. The third-order valence-electron chi connectivity index (χ3n) is 11.3. The number of anilines is 2. The molecule has 5 heterocycles. The number of hydrogen-bond acceptors (Lipinski definition) is 12. The van der Waals surface area contributed by atoms with Gasteiger partial charge in [0.1, 0.15) is 17.0 Å². The predicted octanol–water partition coefficient (Wildman–Crippen LogP) is 6.50. The van der Waals surface area contributed by atoms with Crippen LogP contribution in [-0.4, -0.2) is 120 Å². The molecule has 4 aromatic rings. The van der Waals surface area contributed by atoms with Gasteiger partial charge in [-0.25, -0.2) is 19.9 Å². The molecule has 1 aliphatic heterocycles. The number of imidazole rings is 1. The minimum atomic E-state index is -4.54. The molecule has 1 atom stereocenters. The molecule has 1 N–H and O–H groups in total. The lowest BCUT2D eigenvalue weighted by atomic mass is 9.86. The Balaban J connectivity index is 1.18. The number of esters is 1. The summed E-state index contributed by atoms with van der Waals surface area (Å²) in [5.41, 5.74) is 2.27. The number of rotatable bonds is 16. The van der Waals surface area contributed by atoms with Crippen molar-refractivity contribution < 1.29 is 32.2 Å². The van der Waals surface area contributed by atoms with Crippen molar-refractivity contribution in [2.45, 2.75) is 76.9 Å². The van der Waals surface area contributed by atoms with Gasteiger partial charge < -0.3 is 29.0 Å². The Hall–Kier alpha value is -4.41. The molecule has 1 saturated heterocycles. The maximum atomic E-state index is 14.3. The van der Waals surface area contributed by atoms with Crippen molar-refractivity contribution >= 4 is 28.6 Å². The Labute approximate surface area is 325 Å². The quantitative estimate of drug-likeness (QED) is 0.125. The predicted molar refractivity (Wildman–Crippen MR) is 206 cm³/mol. The van der Waals surface area contributed by atoms with E-state index in [0.29, 0.717) is 106 Å². The van der Waals surface area contributed by atoms with Crippen molar-refractivity contribution in [3.63, 3.8) is 0 Å². The highest BCUT2D eigenvalue weighted by Crippen LogP contribution is 2.46. The standard InChI is InChI=1S/C40H52F3N9O4/c1-5-55-25-39(12-7-8-13-39)24-50(3)32-18-30(27-17-29(40(41,42)43)35(46-19-27)26-9-10-26)47-38-36(32)48-37(49-38)31-20-45-33(21-44-31)52-16-15-51(28(22-52)23-54-4)14-11-34(53)56-6-2/h17-21,26,28H,5-16,22-25H2,1-4H3,(H,47,48,49)/t28-/m0/s1. The van der Waals surface area contributed by atoms with Gasteiger partial charge in [0.2, 0.25) is 0 Å². The van der Waals surface area contributed by atoms with E-state index in [0.717, 1.165) is 37.9 Å². The number of alkyl halides is 3. The molecule has 56 heavy (non-hydrogen) atoms. The van der Waals surface area contributed by atoms with Crippen molar-refractivity contribution in [3.05, 3.63) is 42.0 Å². The number of carbonyl (C=O) groups excluding carboxylic acids is 1. The highest BCUT2D eigenvalue weighted by atomic mass is 19.4. The first-order valence-electron chi connectivity index (χ1n) is 19.7. The van der Waals surface area contributed by atoms with E-state index in [2.05, 4.69) is 24.7 Å². The molecular formula is C40H52F3N9O4. The van der Waals surface area contributed by atoms with E-state index in [1.165, 1.54) is 12.3 Å². The number of piperazine rings is 1. The molecule has 302 valence electrons. The van der Waals surface area contributed by atoms with Crippen LogP contribution in [0.2, 0.25) is 0 Å². The molecule has 13 nitrogen and oxygen atoms in total. The lowest BCUT2D eigenvalue weighted by Crippen LogP contribution is -2.55. The average Bonchev–Trinajstić information content (AvgIpc) is 3.78. The fraction of sp³-hybridized carbons (Fsp3) is 0.600. The fourth-order valence-electron chi connectivity index (χ4n) is 8.27. The maximum Gasteiger partial charge on any atom is 0.418 e. The minimum absolute atomic E-state index is 0.0454. The highest BCUT2D eigenvalue weighted by molar-refractivity contribution is 5.91. The van der Waals surface area contributed by atoms with Crippen molar-refractivity contribution in [2.24, 2.45) is 5.41 Å². The number of carbonyl (C=O) groups is 1. The molecule has 0 radical (unpaired) electrons. The first kappa shape index (κ1) is 39.8. The number of aromatic nitrogens is 6. The third-order valence-corrected chi connectivity index (χ3v) is 11.3. The third kappa shape index (κ3) is 8.92. The van der Waals surface area contributed by atoms with Gasteiger partial charge in [0.25, 0.3) is 0 Å². The van der Waals surface area contributed by atoms with Crippen LogP contribution in [0, 0.1) is 5.41 Å². The van der Waals surface area contributed by atoms with E-state index in [9.17, 15) is 18.0 Å². The summed E-state index contributed by atoms with van der Waals surface area (Å²) in [4.78, 5) is 45.5. The van der Waals surface area contributed by atoms with Gasteiger partial charge in [-0.15, -0.1) is 0 Å². The van der Waals surface area contributed by atoms with E-state index < -0.39 is 11.7 Å². The van der Waals surface area contributed by atoms with Crippen molar-refractivity contribution in [1.82, 2.24) is 34.8 Å². The van der Waals surface area contributed by atoms with Crippen LogP contribution in [0.4, 0.5) is 24.7 Å². The summed E-state index contributed by atoms with van der Waals surface area (Å²) >= 11 is 0. The fourth-order valence-corrected chi connectivity index (χ4v) is 8.27. The molecule has 0 unspecified atom stereocenters. The molecule has 0 amide bonds. The first-order valence-corrected chi connectivity index (χ1v) is 19.7. The molecule has 3 fully saturated rings. The SMILES string of the molecule is CCOCC1(CN(C)c2cc(-c3cnc(C4CC4)c(C(F)(F)F)c3)nc3nc(-c4cnc(N5CCN(CCC(=O)OCC)[C@H](COC)C5)cn4)[nH]c23)CCCC1. The van der Waals surface area contributed by atoms with Crippen LogP contribution in [0.3, 0.4) is 0 Å². The van der Waals surface area contributed by atoms with Crippen molar-refractivity contribution in [1.29, 1.82) is 0 Å². The number of H-pyrrole nitrogens is 1. The number of nitrogens with one attached hydrogen (secondary N) is 1. The van der Waals surface area contributed by atoms with Crippen LogP contribution in [0.5, 0.6) is 0 Å². The monoisotopic (exact) mass is 779 g/mol. The first-order chi connectivity index (χ1) is 27.0. The molecule has 3 aliphatic rings. The van der Waals surface area contributed by atoms with Crippen molar-refractivity contribution in [3.8, 4) is 22.8 Å². The number of aromatic amines is 1. The summed E-state index contributed by atoms with van der Waals surface area (Å²) in [6.45, 7) is 9.28. The van der Waals surface area contributed by atoms with Crippen LogP contribution in [0.15, 0.2) is 30.7 Å². The number of pyridine rings is 2. The molecule has 16 heteroatoms. The van der Waals surface area contributed by atoms with Crippen LogP contribution in [-0.2, 0) is 25.2 Å². The molecule has 0 spiro atoms. The number of nitrogens with zero attached hydrogens (tertiary/aromatic N) is 8. The average molecular weight is 780 g/mol. The Morgan fingerprint density at radius 3 is 2.50 bits per heavy atom. The highest BCUT2D eigenvalue weighted by Gasteiger charge is 2.40. The lowest BCUT2D eigenvalue weighted by molar-refractivity contribution is -0.143. The Morgan fingerprint density at radius 1 is 1.02 bits per heavy atom. The Bertz CT molecular complexity index is 1960. The van der Waals surface area contributed by atoms with E-state index in [1.807, 2.05) is 20.0 Å². The maximum absolute atomic E-state index is 14.3. The van der Waals surface area contributed by atoms with Gasteiger partial charge in [0.15, 0.2) is 11.5 Å². The molecule has 0 aromatic carbocycles. The number of ether oxygens (including phenoxy) is 3. The molecular weight excluding hydrogens is 727 g/mol. The number of halogens is 3. The van der Waals surface area contributed by atoms with E-state index in [-0.39, 0.29) is 34.6 Å². The summed E-state index contributed by atoms with van der Waals surface area (Å²) in [5, 5.41) is 0. The Morgan fingerprint density at radius 2 is 1.82 bits per heavy atom. The number of hydrogen-bond donors (Lipinski definition) is 1. The summed E-state index contributed by atoms with van der Waals surface area (Å²) in [7, 11) is 3.67. The van der Waals surface area contributed by atoms with Gasteiger partial charge in [-0.2, -0.15) is 13.2 Å². The van der Waals surface area contributed by atoms with Gasteiger partial charge in [0, 0.05) is 76.6 Å². The number of fused-ring (bicyclic) bond motifs is 1. The lowest BCUT2D eigenvalue weighted by Gasteiger charge is -2.41. The summed E-state index contributed by atoms with van der Waals surface area (Å²) in [6.07, 6.45) is 6.40. The van der Waals surface area contributed by atoms with Crippen LogP contribution >= 0.6 is 0 Å². The van der Waals surface area contributed by atoms with Crippen LogP contribution < -0.4 is 9.80 Å². The topological polar surface area (TPSA) is 135 Å². The van der Waals surface area contributed by atoms with E-state index >= 15 is 0 Å². The zero-order valence-electron chi connectivity index (χ0n) is 32.7. The van der Waals surface area contributed by atoms with E-state index in [4.69, 9.17) is 34.1 Å². The Kier molecular flexibility index (Phi) is 12.1. The van der Waals surface area contributed by atoms with Gasteiger partial charge in [0.05, 0.1) is 67.3 Å². The van der Waals surface area contributed by atoms with Gasteiger partial charge in [-0.05, 0) is 51.7 Å². The molecule has 2 saturated carbocycles. The molecule has 0 bridgehead atoms. The minimum Gasteiger partial charge on any atom is -0.466 e. The van der Waals surface area contributed by atoms with E-state index in [1.54, 1.807) is 26.4 Å². The molecule has 7 rings (SSSR count). The second-order valence-corrected chi connectivity index (χ2v) is 15.3. The smallest absolute Gasteiger partial charge is 0.418 e. The summed E-state index contributed by atoms with van der Waals surface area (Å²) in [5.74, 6) is 0.780. The molecule has 2 aliphatic carbocycles. The second kappa shape index (κ2) is 17.0. The second-order valence-electron chi connectivity index (χ2n) is 15.3.